The molecule has 1 aromatic carbocycles. The van der Waals surface area contributed by atoms with Crippen molar-refractivity contribution in [3.63, 3.8) is 0 Å². The maximum atomic E-state index is 13.4. The van der Waals surface area contributed by atoms with Crippen molar-refractivity contribution in [1.82, 2.24) is 10.2 Å². The van der Waals surface area contributed by atoms with Crippen LogP contribution in [0.3, 0.4) is 0 Å². The minimum Gasteiger partial charge on any atom is -0.467 e. The topological polar surface area (TPSA) is 165 Å². The molecule has 0 aliphatic rings. The second kappa shape index (κ2) is 16.0. The molecule has 3 amide bonds. The van der Waals surface area contributed by atoms with E-state index in [2.05, 4.69) is 5.32 Å². The third kappa shape index (κ3) is 9.67. The summed E-state index contributed by atoms with van der Waals surface area (Å²) in [5, 5.41) is 12.3. The van der Waals surface area contributed by atoms with Crippen LogP contribution >= 0.6 is 0 Å². The lowest BCUT2D eigenvalue weighted by Crippen LogP contribution is -2.59. The molecule has 0 bridgehead atoms. The fourth-order valence-corrected chi connectivity index (χ4v) is 3.82. The third-order valence-electron chi connectivity index (χ3n) is 6.04. The number of carbonyl (C=O) groups is 4. The van der Waals surface area contributed by atoms with Crippen molar-refractivity contribution in [2.24, 2.45) is 23.3 Å². The summed E-state index contributed by atoms with van der Waals surface area (Å²) >= 11 is 0. The van der Waals surface area contributed by atoms with Gasteiger partial charge in [0.1, 0.15) is 6.04 Å². The number of aryl methyl sites for hydroxylation is 1. The van der Waals surface area contributed by atoms with Crippen LogP contribution in [-0.4, -0.2) is 72.1 Å². The van der Waals surface area contributed by atoms with Crippen LogP contribution in [0.2, 0.25) is 0 Å². The number of nitrogens with one attached hydrogen (secondary N) is 1. The van der Waals surface area contributed by atoms with Gasteiger partial charge in [0.2, 0.25) is 17.7 Å². The van der Waals surface area contributed by atoms with Crippen LogP contribution in [0.5, 0.6) is 0 Å². The molecule has 0 aliphatic carbocycles. The number of amides is 3. The summed E-state index contributed by atoms with van der Waals surface area (Å²) in [5.41, 5.74) is 12.9. The van der Waals surface area contributed by atoms with E-state index in [-0.39, 0.29) is 13.0 Å². The average Bonchev–Trinajstić information content (AvgIpc) is 2.86. The minimum absolute atomic E-state index is 0.0542. The van der Waals surface area contributed by atoms with Crippen LogP contribution < -0.4 is 16.8 Å². The van der Waals surface area contributed by atoms with Crippen molar-refractivity contribution < 1.29 is 29.0 Å². The SMILES string of the molecule is COC(=O)[C@H](C(C)C)N(C(=O)CCCCCc1ccccc1)C(=O)[C@@H](N)C(CO)CNC(=O)[C@H](C)N. The van der Waals surface area contributed by atoms with Gasteiger partial charge in [0.05, 0.1) is 19.2 Å². The minimum atomic E-state index is -1.34. The Hall–Kier alpha value is -2.82. The van der Waals surface area contributed by atoms with Gasteiger partial charge in [0, 0.05) is 25.5 Å². The molecule has 0 spiro atoms. The van der Waals surface area contributed by atoms with E-state index in [1.807, 2.05) is 30.3 Å². The molecule has 0 saturated heterocycles. The van der Waals surface area contributed by atoms with E-state index in [0.717, 1.165) is 24.2 Å². The van der Waals surface area contributed by atoms with Gasteiger partial charge in [-0.1, -0.05) is 50.6 Å². The summed E-state index contributed by atoms with van der Waals surface area (Å²) in [6.45, 7) is 4.27. The number of unbranched alkanes of at least 4 members (excludes halogenated alkanes) is 2. The first-order chi connectivity index (χ1) is 17.0. The molecule has 0 aliphatic heterocycles. The van der Waals surface area contributed by atoms with E-state index >= 15 is 0 Å². The van der Waals surface area contributed by atoms with Gasteiger partial charge in [0.15, 0.2) is 0 Å². The predicted octanol–water partition coefficient (Wildman–Crippen LogP) is 0.742. The van der Waals surface area contributed by atoms with Gasteiger partial charge < -0.3 is 26.6 Å². The van der Waals surface area contributed by atoms with Crippen molar-refractivity contribution >= 4 is 23.7 Å². The van der Waals surface area contributed by atoms with Crippen LogP contribution in [0, 0.1) is 11.8 Å². The number of benzene rings is 1. The standard InChI is InChI=1S/C26H42N4O6/c1-17(2)23(26(35)36-4)30(21(32)14-10-6-9-13-19-11-7-5-8-12-19)25(34)22(28)20(16-31)15-29-24(33)18(3)27/h5,7-8,11-12,17-18,20,22-23,31H,6,9-10,13-16,27-28H2,1-4H3,(H,29,33)/t18-,20?,22-,23-/m0/s1. The van der Waals surface area contributed by atoms with Crippen molar-refractivity contribution in [3.05, 3.63) is 35.9 Å². The number of methoxy groups -OCH3 is 1. The molecule has 1 aromatic rings. The Morgan fingerprint density at radius 3 is 2.19 bits per heavy atom. The molecule has 0 aromatic heterocycles. The molecule has 10 nitrogen and oxygen atoms in total. The fraction of sp³-hybridized carbons (Fsp3) is 0.615. The van der Waals surface area contributed by atoms with Gasteiger partial charge >= 0.3 is 5.97 Å². The first-order valence-electron chi connectivity index (χ1n) is 12.4. The van der Waals surface area contributed by atoms with Gasteiger partial charge in [0.25, 0.3) is 0 Å². The van der Waals surface area contributed by atoms with Gasteiger partial charge in [-0.25, -0.2) is 4.79 Å². The second-order valence-electron chi connectivity index (χ2n) is 9.36. The molecular weight excluding hydrogens is 464 g/mol. The Balaban J connectivity index is 2.95. The third-order valence-corrected chi connectivity index (χ3v) is 6.04. The monoisotopic (exact) mass is 506 g/mol. The molecule has 0 heterocycles. The quantitative estimate of drug-likeness (QED) is 0.200. The van der Waals surface area contributed by atoms with Crippen LogP contribution in [-0.2, 0) is 30.3 Å². The maximum Gasteiger partial charge on any atom is 0.329 e. The van der Waals surface area contributed by atoms with Crippen molar-refractivity contribution in [3.8, 4) is 0 Å². The molecule has 0 saturated carbocycles. The summed E-state index contributed by atoms with van der Waals surface area (Å²) in [4.78, 5) is 51.9. The van der Waals surface area contributed by atoms with E-state index in [0.29, 0.717) is 6.42 Å². The molecule has 0 radical (unpaired) electrons. The van der Waals surface area contributed by atoms with Gasteiger partial charge in [-0.2, -0.15) is 0 Å². The summed E-state index contributed by atoms with van der Waals surface area (Å²) in [5.74, 6) is -3.84. The maximum absolute atomic E-state index is 13.4. The second-order valence-corrected chi connectivity index (χ2v) is 9.36. The molecule has 36 heavy (non-hydrogen) atoms. The summed E-state index contributed by atoms with van der Waals surface area (Å²) in [6.07, 6.45) is 3.11. The number of nitrogens with zero attached hydrogens (tertiary/aromatic N) is 1. The Morgan fingerprint density at radius 1 is 1.03 bits per heavy atom. The van der Waals surface area contributed by atoms with E-state index in [1.54, 1.807) is 13.8 Å². The van der Waals surface area contributed by atoms with Gasteiger partial charge in [-0.3, -0.25) is 19.3 Å². The molecular formula is C26H42N4O6. The number of aliphatic hydroxyl groups excluding tert-OH is 1. The highest BCUT2D eigenvalue weighted by Gasteiger charge is 2.41. The summed E-state index contributed by atoms with van der Waals surface area (Å²) in [6, 6.07) is 6.73. The largest absolute Gasteiger partial charge is 0.467 e. The predicted molar refractivity (Wildman–Crippen MR) is 136 cm³/mol. The Morgan fingerprint density at radius 2 is 1.67 bits per heavy atom. The first kappa shape index (κ1) is 31.2. The lowest BCUT2D eigenvalue weighted by molar-refractivity contribution is -0.163. The smallest absolute Gasteiger partial charge is 0.329 e. The van der Waals surface area contributed by atoms with Gasteiger partial charge in [-0.15, -0.1) is 0 Å². The summed E-state index contributed by atoms with van der Waals surface area (Å²) < 4.78 is 4.87. The number of esters is 1. The fourth-order valence-electron chi connectivity index (χ4n) is 3.82. The Bertz CT molecular complexity index is 846. The molecule has 202 valence electrons. The Labute approximate surface area is 213 Å². The number of nitrogens with two attached hydrogens (primary N) is 2. The van der Waals surface area contributed by atoms with E-state index in [4.69, 9.17) is 16.2 Å². The lowest BCUT2D eigenvalue weighted by atomic mass is 9.95. The highest BCUT2D eigenvalue weighted by Crippen LogP contribution is 2.19. The van der Waals surface area contributed by atoms with Crippen molar-refractivity contribution in [2.75, 3.05) is 20.3 Å². The van der Waals surface area contributed by atoms with E-state index < -0.39 is 60.3 Å². The number of rotatable bonds is 15. The zero-order valence-corrected chi connectivity index (χ0v) is 21.8. The number of aliphatic hydroxyl groups is 1. The average molecular weight is 507 g/mol. The van der Waals surface area contributed by atoms with Crippen LogP contribution in [0.4, 0.5) is 0 Å². The zero-order valence-electron chi connectivity index (χ0n) is 21.8. The number of carbonyl (C=O) groups excluding carboxylic acids is 4. The number of imide groups is 1. The number of ether oxygens (including phenoxy) is 1. The number of hydrogen-bond donors (Lipinski definition) is 4. The lowest BCUT2D eigenvalue weighted by Gasteiger charge is -2.34. The molecule has 1 rings (SSSR count). The van der Waals surface area contributed by atoms with Crippen LogP contribution in [0.15, 0.2) is 30.3 Å². The highest BCUT2D eigenvalue weighted by atomic mass is 16.5. The van der Waals surface area contributed by atoms with E-state index in [1.165, 1.54) is 19.6 Å². The summed E-state index contributed by atoms with van der Waals surface area (Å²) in [7, 11) is 1.19. The molecule has 4 atom stereocenters. The molecule has 1 unspecified atom stereocenters. The van der Waals surface area contributed by atoms with Gasteiger partial charge in [-0.05, 0) is 37.7 Å². The molecule has 0 fully saturated rings. The number of hydrogen-bond acceptors (Lipinski definition) is 8. The molecule has 6 N–H and O–H groups in total. The molecule has 10 heteroatoms. The highest BCUT2D eigenvalue weighted by molar-refractivity contribution is 6.01. The van der Waals surface area contributed by atoms with E-state index in [9.17, 15) is 24.3 Å². The van der Waals surface area contributed by atoms with Crippen LogP contribution in [0.25, 0.3) is 0 Å². The van der Waals surface area contributed by atoms with Crippen molar-refractivity contribution in [2.45, 2.75) is 71.0 Å². The Kier molecular flexibility index (Phi) is 13.9. The zero-order chi connectivity index (χ0) is 27.3. The first-order valence-corrected chi connectivity index (χ1v) is 12.4. The normalized spacial score (nSPS) is 14.4. The van der Waals surface area contributed by atoms with Crippen molar-refractivity contribution in [1.29, 1.82) is 0 Å². The van der Waals surface area contributed by atoms with Crippen LogP contribution in [0.1, 0.15) is 52.0 Å².